The molecule has 0 spiro atoms. The van der Waals surface area contributed by atoms with Gasteiger partial charge in [0, 0.05) is 32.6 Å². The monoisotopic (exact) mass is 322 g/mol. The minimum Gasteiger partial charge on any atom is -0.340 e. The molecule has 5 nitrogen and oxygen atoms in total. The lowest BCUT2D eigenvalue weighted by Gasteiger charge is -2.34. The average molecular weight is 322 g/mol. The van der Waals surface area contributed by atoms with Crippen LogP contribution in [0.25, 0.3) is 0 Å². The molecule has 3 rings (SSSR count). The van der Waals surface area contributed by atoms with Crippen molar-refractivity contribution in [1.82, 2.24) is 9.21 Å². The van der Waals surface area contributed by atoms with Crippen LogP contribution in [0.5, 0.6) is 0 Å². The Morgan fingerprint density at radius 3 is 2.27 bits per heavy atom. The SMILES string of the molecule is O=C(CCc1ccccc1)N1CCN(S(=O)(=O)C2CC2)CC1. The van der Waals surface area contributed by atoms with Crippen molar-refractivity contribution in [3.63, 3.8) is 0 Å². The number of amides is 1. The molecule has 0 atom stereocenters. The van der Waals surface area contributed by atoms with Gasteiger partial charge in [-0.05, 0) is 24.8 Å². The molecular weight excluding hydrogens is 300 g/mol. The second-order valence-corrected chi connectivity index (χ2v) is 8.22. The maximum atomic E-state index is 12.2. The molecule has 0 unspecified atom stereocenters. The highest BCUT2D eigenvalue weighted by Gasteiger charge is 2.41. The number of sulfonamides is 1. The fraction of sp³-hybridized carbons (Fsp3) is 0.562. The van der Waals surface area contributed by atoms with Crippen molar-refractivity contribution in [2.75, 3.05) is 26.2 Å². The quantitative estimate of drug-likeness (QED) is 0.820. The lowest BCUT2D eigenvalue weighted by Crippen LogP contribution is -2.51. The van der Waals surface area contributed by atoms with Gasteiger partial charge in [0.05, 0.1) is 5.25 Å². The van der Waals surface area contributed by atoms with E-state index in [1.807, 2.05) is 30.3 Å². The molecule has 1 saturated heterocycles. The summed E-state index contributed by atoms with van der Waals surface area (Å²) in [6.07, 6.45) is 2.80. The molecule has 1 heterocycles. The van der Waals surface area contributed by atoms with Crippen molar-refractivity contribution in [2.45, 2.75) is 30.9 Å². The van der Waals surface area contributed by atoms with Crippen molar-refractivity contribution in [3.8, 4) is 0 Å². The number of hydrogen-bond acceptors (Lipinski definition) is 3. The molecule has 1 saturated carbocycles. The van der Waals surface area contributed by atoms with E-state index in [0.717, 1.165) is 24.8 Å². The van der Waals surface area contributed by atoms with Gasteiger partial charge in [-0.15, -0.1) is 0 Å². The Morgan fingerprint density at radius 1 is 1.05 bits per heavy atom. The maximum absolute atomic E-state index is 12.2. The van der Waals surface area contributed by atoms with Crippen LogP contribution in [0.1, 0.15) is 24.8 Å². The average Bonchev–Trinajstić information content (AvgIpc) is 3.39. The molecule has 1 amide bonds. The van der Waals surface area contributed by atoms with Gasteiger partial charge in [0.1, 0.15) is 0 Å². The molecule has 120 valence electrons. The summed E-state index contributed by atoms with van der Waals surface area (Å²) in [4.78, 5) is 14.0. The second kappa shape index (κ2) is 6.38. The Bertz CT molecular complexity index is 618. The normalized spacial score (nSPS) is 20.1. The molecular formula is C16H22N2O3S. The third-order valence-electron chi connectivity index (χ3n) is 4.37. The smallest absolute Gasteiger partial charge is 0.222 e. The van der Waals surface area contributed by atoms with Gasteiger partial charge in [-0.3, -0.25) is 4.79 Å². The summed E-state index contributed by atoms with van der Waals surface area (Å²) in [5, 5.41) is -0.159. The molecule has 1 aliphatic heterocycles. The van der Waals surface area contributed by atoms with Gasteiger partial charge in [-0.2, -0.15) is 4.31 Å². The van der Waals surface area contributed by atoms with Gasteiger partial charge < -0.3 is 4.90 Å². The van der Waals surface area contributed by atoms with Crippen LogP contribution in [0.15, 0.2) is 30.3 Å². The largest absolute Gasteiger partial charge is 0.340 e. The van der Waals surface area contributed by atoms with Crippen LogP contribution in [0, 0.1) is 0 Å². The summed E-state index contributed by atoms with van der Waals surface area (Å²) in [7, 11) is -3.10. The van der Waals surface area contributed by atoms with Crippen LogP contribution >= 0.6 is 0 Å². The summed E-state index contributed by atoms with van der Waals surface area (Å²) in [5.74, 6) is 0.118. The van der Waals surface area contributed by atoms with E-state index < -0.39 is 10.0 Å². The third kappa shape index (κ3) is 3.50. The molecule has 0 bridgehead atoms. The van der Waals surface area contributed by atoms with E-state index in [0.29, 0.717) is 32.6 Å². The molecule has 0 aromatic heterocycles. The van der Waals surface area contributed by atoms with Gasteiger partial charge >= 0.3 is 0 Å². The van der Waals surface area contributed by atoms with Crippen molar-refractivity contribution >= 4 is 15.9 Å². The summed E-state index contributed by atoms with van der Waals surface area (Å²) >= 11 is 0. The lowest BCUT2D eigenvalue weighted by atomic mass is 10.1. The first-order valence-electron chi connectivity index (χ1n) is 7.88. The number of carbonyl (C=O) groups excluding carboxylic acids is 1. The maximum Gasteiger partial charge on any atom is 0.222 e. The Balaban J connectivity index is 1.47. The number of benzene rings is 1. The van der Waals surface area contributed by atoms with E-state index in [9.17, 15) is 13.2 Å². The number of nitrogens with zero attached hydrogens (tertiary/aromatic N) is 2. The predicted molar refractivity (Wildman–Crippen MR) is 84.9 cm³/mol. The van der Waals surface area contributed by atoms with Crippen LogP contribution < -0.4 is 0 Å². The molecule has 2 fully saturated rings. The molecule has 1 aliphatic carbocycles. The van der Waals surface area contributed by atoms with Crippen molar-refractivity contribution in [1.29, 1.82) is 0 Å². The Kier molecular flexibility index (Phi) is 4.49. The van der Waals surface area contributed by atoms with E-state index in [1.165, 1.54) is 0 Å². The summed E-state index contributed by atoms with van der Waals surface area (Å²) < 4.78 is 25.9. The topological polar surface area (TPSA) is 57.7 Å². The summed E-state index contributed by atoms with van der Waals surface area (Å²) in [5.41, 5.74) is 1.16. The minimum atomic E-state index is -3.10. The van der Waals surface area contributed by atoms with Crippen LogP contribution in [0.4, 0.5) is 0 Å². The summed E-state index contributed by atoms with van der Waals surface area (Å²) in [6.45, 7) is 1.91. The molecule has 1 aromatic rings. The number of aryl methyl sites for hydroxylation is 1. The van der Waals surface area contributed by atoms with E-state index in [1.54, 1.807) is 9.21 Å². The highest BCUT2D eigenvalue weighted by molar-refractivity contribution is 7.90. The van der Waals surface area contributed by atoms with Gasteiger partial charge in [-0.1, -0.05) is 30.3 Å². The Morgan fingerprint density at radius 2 is 1.68 bits per heavy atom. The molecule has 6 heteroatoms. The highest BCUT2D eigenvalue weighted by atomic mass is 32.2. The van der Waals surface area contributed by atoms with Crippen LogP contribution in [0.3, 0.4) is 0 Å². The van der Waals surface area contributed by atoms with Gasteiger partial charge in [0.2, 0.25) is 15.9 Å². The second-order valence-electron chi connectivity index (χ2n) is 6.01. The number of rotatable bonds is 5. The zero-order valence-corrected chi connectivity index (χ0v) is 13.5. The fourth-order valence-corrected chi connectivity index (χ4v) is 4.65. The fourth-order valence-electron chi connectivity index (χ4n) is 2.82. The van der Waals surface area contributed by atoms with Gasteiger partial charge in [-0.25, -0.2) is 8.42 Å². The van der Waals surface area contributed by atoms with Crippen molar-refractivity contribution in [3.05, 3.63) is 35.9 Å². The van der Waals surface area contributed by atoms with E-state index in [4.69, 9.17) is 0 Å². The Labute approximate surface area is 132 Å². The summed E-state index contributed by atoms with van der Waals surface area (Å²) in [6, 6.07) is 9.95. The Hall–Kier alpha value is -1.40. The molecule has 1 aromatic carbocycles. The molecule has 0 radical (unpaired) electrons. The zero-order chi connectivity index (χ0) is 15.6. The number of hydrogen-bond donors (Lipinski definition) is 0. The van der Waals surface area contributed by atoms with Crippen LogP contribution in [-0.2, 0) is 21.2 Å². The molecule has 0 N–H and O–H groups in total. The number of carbonyl (C=O) groups is 1. The van der Waals surface area contributed by atoms with Gasteiger partial charge in [0.25, 0.3) is 0 Å². The number of piperazine rings is 1. The van der Waals surface area contributed by atoms with Crippen molar-refractivity contribution < 1.29 is 13.2 Å². The first-order chi connectivity index (χ1) is 10.6. The lowest BCUT2D eigenvalue weighted by molar-refractivity contribution is -0.132. The first-order valence-corrected chi connectivity index (χ1v) is 9.38. The van der Waals surface area contributed by atoms with Crippen LogP contribution in [0.2, 0.25) is 0 Å². The predicted octanol–water partition coefficient (Wildman–Crippen LogP) is 1.26. The minimum absolute atomic E-state index is 0.118. The van der Waals surface area contributed by atoms with Crippen LogP contribution in [-0.4, -0.2) is 55.0 Å². The van der Waals surface area contributed by atoms with E-state index >= 15 is 0 Å². The zero-order valence-electron chi connectivity index (χ0n) is 12.6. The first kappa shape index (κ1) is 15.5. The van der Waals surface area contributed by atoms with E-state index in [-0.39, 0.29) is 11.2 Å². The van der Waals surface area contributed by atoms with Gasteiger partial charge in [0.15, 0.2) is 0 Å². The molecule has 2 aliphatic rings. The van der Waals surface area contributed by atoms with Crippen molar-refractivity contribution in [2.24, 2.45) is 0 Å². The van der Waals surface area contributed by atoms with E-state index in [2.05, 4.69) is 0 Å². The molecule has 22 heavy (non-hydrogen) atoms. The highest BCUT2D eigenvalue weighted by Crippen LogP contribution is 2.31. The third-order valence-corrected chi connectivity index (χ3v) is 6.77. The standard InChI is InChI=1S/C16H22N2O3S/c19-16(9-6-14-4-2-1-3-5-14)17-10-12-18(13-11-17)22(20,21)15-7-8-15/h1-5,15H,6-13H2.